The van der Waals surface area contributed by atoms with Crippen LogP contribution in [0.5, 0.6) is 0 Å². The van der Waals surface area contributed by atoms with Gasteiger partial charge in [0, 0.05) is 12.4 Å². The molecule has 10 nitrogen and oxygen atoms in total. The summed E-state index contributed by atoms with van der Waals surface area (Å²) in [4.78, 5) is 20.5. The van der Waals surface area contributed by atoms with E-state index in [1.807, 2.05) is 0 Å². The second-order valence-corrected chi connectivity index (χ2v) is 6.72. The Labute approximate surface area is 182 Å². The number of amides is 1. The van der Waals surface area contributed by atoms with Crippen molar-refractivity contribution in [3.05, 3.63) is 58.8 Å². The Hall–Kier alpha value is -4.02. The molecule has 1 aliphatic heterocycles. The van der Waals surface area contributed by atoms with Crippen LogP contribution in [-0.2, 0) is 6.18 Å². The number of nitrogens with zero attached hydrogens (tertiary/aromatic N) is 7. The molecule has 1 aliphatic rings. The first-order chi connectivity index (χ1) is 15.3. The fourth-order valence-corrected chi connectivity index (χ4v) is 3.11. The Morgan fingerprint density at radius 1 is 1.25 bits per heavy atom. The quantitative estimate of drug-likeness (QED) is 0.612. The highest BCUT2D eigenvalue weighted by molar-refractivity contribution is 6.33. The number of carbonyl (C=O) groups is 1. The first-order valence-corrected chi connectivity index (χ1v) is 9.19. The molecule has 0 bridgehead atoms. The van der Waals surface area contributed by atoms with Gasteiger partial charge in [-0.1, -0.05) is 11.6 Å². The van der Waals surface area contributed by atoms with Gasteiger partial charge in [-0.25, -0.2) is 15.1 Å². The molecule has 162 valence electrons. The molecule has 0 fully saturated rings. The van der Waals surface area contributed by atoms with Crippen LogP contribution in [0.2, 0.25) is 5.02 Å². The number of nitrogens with one attached hydrogen (secondary N) is 2. The minimum atomic E-state index is -4.93. The molecule has 4 heterocycles. The van der Waals surface area contributed by atoms with E-state index in [1.165, 1.54) is 29.6 Å². The maximum atomic E-state index is 13.8. The van der Waals surface area contributed by atoms with Gasteiger partial charge >= 0.3 is 6.18 Å². The van der Waals surface area contributed by atoms with Gasteiger partial charge in [0.25, 0.3) is 5.91 Å². The maximum Gasteiger partial charge on any atom is 0.434 e. The van der Waals surface area contributed by atoms with Gasteiger partial charge in [0.1, 0.15) is 6.07 Å². The Morgan fingerprint density at radius 2 is 2.06 bits per heavy atom. The number of rotatable bonds is 4. The van der Waals surface area contributed by atoms with Crippen LogP contribution in [-0.4, -0.2) is 38.4 Å². The van der Waals surface area contributed by atoms with Crippen molar-refractivity contribution in [3.63, 3.8) is 0 Å². The SMILES string of the molecule is N#Cc1cncc(-n2ncc(C(=O)Nc3cnc(N4N=CCN4)c(Cl)c3)c2C(F)(F)F)c1. The molecule has 0 radical (unpaired) electrons. The van der Waals surface area contributed by atoms with Crippen molar-refractivity contribution in [2.24, 2.45) is 5.10 Å². The average Bonchev–Trinajstić information content (AvgIpc) is 3.44. The molecule has 3 aromatic heterocycles. The van der Waals surface area contributed by atoms with Gasteiger partial charge in [0.2, 0.25) is 0 Å². The molecule has 0 spiro atoms. The molecular formula is C18H11ClF3N9O. The van der Waals surface area contributed by atoms with Gasteiger partial charge in [-0.2, -0.15) is 33.8 Å². The largest absolute Gasteiger partial charge is 0.434 e. The lowest BCUT2D eigenvalue weighted by atomic mass is 10.2. The first kappa shape index (κ1) is 21.2. The molecule has 2 N–H and O–H groups in total. The summed E-state index contributed by atoms with van der Waals surface area (Å²) in [5.41, 5.74) is 0.799. The monoisotopic (exact) mass is 461 g/mol. The van der Waals surface area contributed by atoms with E-state index in [0.29, 0.717) is 11.2 Å². The topological polar surface area (TPSA) is 124 Å². The Bertz CT molecular complexity index is 1270. The highest BCUT2D eigenvalue weighted by Gasteiger charge is 2.40. The lowest BCUT2D eigenvalue weighted by Gasteiger charge is -2.15. The van der Waals surface area contributed by atoms with Crippen molar-refractivity contribution in [1.82, 2.24) is 25.2 Å². The van der Waals surface area contributed by atoms with Gasteiger partial charge < -0.3 is 5.32 Å². The number of pyridine rings is 2. The van der Waals surface area contributed by atoms with Gasteiger partial charge in [-0.3, -0.25) is 9.78 Å². The van der Waals surface area contributed by atoms with Crippen molar-refractivity contribution < 1.29 is 18.0 Å². The molecule has 14 heteroatoms. The molecule has 4 rings (SSSR count). The molecule has 0 aromatic carbocycles. The second kappa shape index (κ2) is 8.25. The zero-order chi connectivity index (χ0) is 22.9. The normalized spacial score (nSPS) is 13.3. The zero-order valence-corrected chi connectivity index (χ0v) is 16.6. The van der Waals surface area contributed by atoms with Crippen LogP contribution in [0, 0.1) is 11.3 Å². The summed E-state index contributed by atoms with van der Waals surface area (Å²) in [6, 6.07) is 4.29. The van der Waals surface area contributed by atoms with Crippen LogP contribution in [0.4, 0.5) is 24.7 Å². The molecule has 0 aliphatic carbocycles. The summed E-state index contributed by atoms with van der Waals surface area (Å²) in [6.45, 7) is 0.480. The molecule has 1 amide bonds. The molecule has 0 saturated heterocycles. The van der Waals surface area contributed by atoms with Crippen LogP contribution < -0.4 is 15.9 Å². The number of hydrazine groups is 1. The van der Waals surface area contributed by atoms with Crippen molar-refractivity contribution in [3.8, 4) is 11.8 Å². The third-order valence-corrected chi connectivity index (χ3v) is 4.47. The van der Waals surface area contributed by atoms with E-state index in [2.05, 4.69) is 30.9 Å². The summed E-state index contributed by atoms with van der Waals surface area (Å²) in [5.74, 6) is -0.817. The van der Waals surface area contributed by atoms with Crippen LogP contribution in [0.1, 0.15) is 21.6 Å². The lowest BCUT2D eigenvalue weighted by Crippen LogP contribution is -2.29. The predicted molar refractivity (Wildman–Crippen MR) is 107 cm³/mol. The van der Waals surface area contributed by atoms with Crippen LogP contribution >= 0.6 is 11.6 Å². The maximum absolute atomic E-state index is 13.8. The number of nitriles is 1. The van der Waals surface area contributed by atoms with Crippen molar-refractivity contribution in [1.29, 1.82) is 5.26 Å². The average molecular weight is 462 g/mol. The highest BCUT2D eigenvalue weighted by Crippen LogP contribution is 2.34. The number of hydrogen-bond acceptors (Lipinski definition) is 8. The Kier molecular flexibility index (Phi) is 5.47. The number of hydrogen-bond donors (Lipinski definition) is 2. The van der Waals surface area contributed by atoms with Gasteiger partial charge in [-0.15, -0.1) is 0 Å². The summed E-state index contributed by atoms with van der Waals surface area (Å²) in [5, 5.41) is 20.4. The van der Waals surface area contributed by atoms with Crippen molar-refractivity contribution >= 4 is 35.2 Å². The molecule has 3 aromatic rings. The molecule has 0 atom stereocenters. The smallest absolute Gasteiger partial charge is 0.320 e. The summed E-state index contributed by atoms with van der Waals surface area (Å²) in [7, 11) is 0. The predicted octanol–water partition coefficient (Wildman–Crippen LogP) is 2.77. The van der Waals surface area contributed by atoms with Gasteiger partial charge in [0.05, 0.1) is 52.7 Å². The summed E-state index contributed by atoms with van der Waals surface area (Å²) >= 11 is 6.16. The molecule has 32 heavy (non-hydrogen) atoms. The van der Waals surface area contributed by atoms with E-state index in [9.17, 15) is 18.0 Å². The number of anilines is 2. The van der Waals surface area contributed by atoms with Crippen molar-refractivity contribution in [2.75, 3.05) is 17.0 Å². The number of carbonyl (C=O) groups excluding carboxylic acids is 1. The molecular weight excluding hydrogens is 451 g/mol. The van der Waals surface area contributed by atoms with E-state index in [0.717, 1.165) is 12.4 Å². The van der Waals surface area contributed by atoms with E-state index >= 15 is 0 Å². The van der Waals surface area contributed by atoms with E-state index in [-0.39, 0.29) is 27.8 Å². The number of aromatic nitrogens is 4. The Morgan fingerprint density at radius 3 is 2.72 bits per heavy atom. The van der Waals surface area contributed by atoms with Crippen LogP contribution in [0.3, 0.4) is 0 Å². The molecule has 0 saturated carbocycles. The third kappa shape index (κ3) is 4.09. The number of halogens is 4. The Balaban J connectivity index is 1.65. The minimum Gasteiger partial charge on any atom is -0.320 e. The standard InChI is InChI=1S/C18H11ClF3N9O/c19-14-4-11(7-25-16(14)31-26-1-2-27-31)29-17(32)13-9-28-30(15(13)18(20,21)22)12-3-10(5-23)6-24-8-12/h1,3-4,6-9,27H,2H2,(H,29,32). The van der Waals surface area contributed by atoms with Gasteiger partial charge in [-0.05, 0) is 12.1 Å². The minimum absolute atomic E-state index is 0.0368. The van der Waals surface area contributed by atoms with Crippen LogP contribution in [0.15, 0.2) is 42.0 Å². The third-order valence-electron chi connectivity index (χ3n) is 4.19. The van der Waals surface area contributed by atoms with Crippen LogP contribution in [0.25, 0.3) is 5.69 Å². The van der Waals surface area contributed by atoms with Gasteiger partial charge in [0.15, 0.2) is 11.5 Å². The highest BCUT2D eigenvalue weighted by atomic mass is 35.5. The molecule has 0 unspecified atom stereocenters. The van der Waals surface area contributed by atoms with Crippen molar-refractivity contribution in [2.45, 2.75) is 6.18 Å². The summed E-state index contributed by atoms with van der Waals surface area (Å²) < 4.78 is 41.9. The van der Waals surface area contributed by atoms with E-state index < -0.39 is 23.3 Å². The fraction of sp³-hybridized carbons (Fsp3) is 0.111. The number of hydrazone groups is 1. The lowest BCUT2D eigenvalue weighted by molar-refractivity contribution is -0.143. The first-order valence-electron chi connectivity index (χ1n) is 8.81. The summed E-state index contributed by atoms with van der Waals surface area (Å²) in [6.07, 6.45) is 0.965. The van der Waals surface area contributed by atoms with E-state index in [4.69, 9.17) is 16.9 Å². The number of alkyl halides is 3. The van der Waals surface area contributed by atoms with E-state index in [1.54, 1.807) is 12.3 Å². The zero-order valence-electron chi connectivity index (χ0n) is 15.8. The fourth-order valence-electron chi connectivity index (χ4n) is 2.86. The second-order valence-electron chi connectivity index (χ2n) is 6.32.